The number of nitriles is 1. The van der Waals surface area contributed by atoms with E-state index in [4.69, 9.17) is 33.8 Å². The van der Waals surface area contributed by atoms with Gasteiger partial charge >= 0.3 is 0 Å². The second-order valence-corrected chi connectivity index (χ2v) is 18.6. The number of aromatic amines is 1. The second-order valence-electron chi connectivity index (χ2n) is 18.6. The van der Waals surface area contributed by atoms with E-state index in [1.807, 2.05) is 12.1 Å². The zero-order valence-electron chi connectivity index (χ0n) is 43.2. The molecule has 0 aliphatic carbocycles. The number of fused-ring (bicyclic) bond motifs is 1. The normalized spacial score (nSPS) is 20.6. The first-order valence-electron chi connectivity index (χ1n) is 25.3. The minimum Gasteiger partial charge on any atom is -0.370 e. The molecule has 1 aromatic heterocycles. The number of primary amides is 2. The first-order chi connectivity index (χ1) is 37.1. The molecule has 2 heterocycles. The lowest BCUT2D eigenvalue weighted by Crippen LogP contribution is -2.60. The highest BCUT2D eigenvalue weighted by Gasteiger charge is 2.35. The lowest BCUT2D eigenvalue weighted by atomic mass is 10.0. The maximum Gasteiger partial charge on any atom is 0.243 e. The van der Waals surface area contributed by atoms with Crippen molar-refractivity contribution >= 4 is 81.9 Å². The van der Waals surface area contributed by atoms with Gasteiger partial charge in [0.05, 0.1) is 18.1 Å². The average molecular weight is 1080 g/mol. The van der Waals surface area contributed by atoms with Crippen LogP contribution < -0.4 is 76.1 Å². The number of carbonyl (C=O) groups is 10. The molecule has 0 bridgehead atoms. The van der Waals surface area contributed by atoms with E-state index in [9.17, 15) is 53.2 Å². The summed E-state index contributed by atoms with van der Waals surface area (Å²) in [5.41, 5.74) is 24.2. The van der Waals surface area contributed by atoms with Gasteiger partial charge in [-0.25, -0.2) is 0 Å². The van der Waals surface area contributed by atoms with Crippen LogP contribution in [0.5, 0.6) is 0 Å². The summed E-state index contributed by atoms with van der Waals surface area (Å²) in [7, 11) is 0. The van der Waals surface area contributed by atoms with E-state index in [-0.39, 0.29) is 94.9 Å². The summed E-state index contributed by atoms with van der Waals surface area (Å²) >= 11 is 0. The quantitative estimate of drug-likeness (QED) is 0.0311. The van der Waals surface area contributed by atoms with Crippen molar-refractivity contribution < 1.29 is 47.9 Å². The van der Waals surface area contributed by atoms with Gasteiger partial charge < -0.3 is 81.1 Å². The first kappa shape index (κ1) is 61.3. The minimum atomic E-state index is -1.74. The summed E-state index contributed by atoms with van der Waals surface area (Å²) < 4.78 is 0. The van der Waals surface area contributed by atoms with Gasteiger partial charge in [-0.05, 0) is 80.7 Å². The second kappa shape index (κ2) is 30.9. The van der Waals surface area contributed by atoms with Crippen LogP contribution in [0.4, 0.5) is 0 Å². The molecule has 0 saturated carbocycles. The van der Waals surface area contributed by atoms with Crippen molar-refractivity contribution in [1.29, 1.82) is 16.1 Å². The minimum absolute atomic E-state index is 0.0194. The highest BCUT2D eigenvalue weighted by Crippen LogP contribution is 2.20. The predicted octanol–water partition coefficient (Wildman–Crippen LogP) is -3.79. The van der Waals surface area contributed by atoms with Crippen molar-refractivity contribution in [2.45, 2.75) is 126 Å². The van der Waals surface area contributed by atoms with Crippen LogP contribution in [0.1, 0.15) is 87.8 Å². The van der Waals surface area contributed by atoms with Crippen molar-refractivity contribution in [3.63, 3.8) is 0 Å². The molecule has 2 aromatic carbocycles. The van der Waals surface area contributed by atoms with Gasteiger partial charge in [0.2, 0.25) is 59.1 Å². The zero-order chi connectivity index (χ0) is 57.3. The van der Waals surface area contributed by atoms with E-state index in [1.165, 1.54) is 24.3 Å². The number of hydrogen-bond acceptors (Lipinski definition) is 13. The monoisotopic (exact) mass is 1080 g/mol. The summed E-state index contributed by atoms with van der Waals surface area (Å²) in [6.45, 7) is 1.32. The molecule has 4 rings (SSSR count). The maximum atomic E-state index is 14.7. The molecule has 1 saturated heterocycles. The molecule has 0 spiro atoms. The molecule has 0 radical (unpaired) electrons. The van der Waals surface area contributed by atoms with Crippen LogP contribution in [0, 0.1) is 22.1 Å². The fourth-order valence-corrected chi connectivity index (χ4v) is 8.37. The van der Waals surface area contributed by atoms with Crippen LogP contribution in [-0.4, -0.2) is 138 Å². The lowest BCUT2D eigenvalue weighted by Gasteiger charge is -2.28. The fraction of sp³-hybridized carbons (Fsp3) is 0.460. The van der Waals surface area contributed by atoms with Crippen LogP contribution in [0.2, 0.25) is 0 Å². The number of nitrogens with zero attached hydrogens (tertiary/aromatic N) is 1. The van der Waals surface area contributed by atoms with Crippen molar-refractivity contribution in [2.75, 3.05) is 19.6 Å². The lowest BCUT2D eigenvalue weighted by molar-refractivity contribution is -0.136. The summed E-state index contributed by atoms with van der Waals surface area (Å²) in [6.07, 6.45) is 0.155. The van der Waals surface area contributed by atoms with Gasteiger partial charge in [-0.1, -0.05) is 30.3 Å². The Bertz CT molecular complexity index is 2710. The molecule has 1 unspecified atom stereocenters. The van der Waals surface area contributed by atoms with Gasteiger partial charge in [-0.15, -0.1) is 0 Å². The first-order valence-corrected chi connectivity index (χ1v) is 25.3. The smallest absolute Gasteiger partial charge is 0.243 e. The standard InChI is InChI=1S/C50H70N18O10/c1-27(69)62-34(11-6-20-59-49(54)55)43(73)68-39-24-41(71)58-19-5-4-10-33(42(53)72)63-47(77)38(23-30-26-61-32-9-3-2-8-31(30)32)67-44(74)35(12-7-21-60-50(56)57)64-46(76)37(22-28-13-15-29(25-51)16-14-28)66-45(75)36(65-48(39)78)17-18-40(52)70/h2-3,8-9,13-16,26,33-39,61H,4-7,10-12,17-24H2,1H3,(H2,52,70)(H2,53,72)(H,58,71)(H,62,69)(H,63,77)(H,64,76)(H,65,78)(H,66,75)(H,67,74)(H,68,73)(H4,54,55,59)(H4,56,57,60)/t33?,34-,35-,36-,37+,38-,39-/m0/s1. The molecule has 1 aliphatic rings. The predicted molar refractivity (Wildman–Crippen MR) is 283 cm³/mol. The summed E-state index contributed by atoms with van der Waals surface area (Å²) in [6, 6.07) is 4.81. The Kier molecular flexibility index (Phi) is 24.3. The van der Waals surface area contributed by atoms with E-state index in [1.54, 1.807) is 24.4 Å². The molecule has 28 heteroatoms. The van der Waals surface area contributed by atoms with Crippen LogP contribution >= 0.6 is 0 Å². The van der Waals surface area contributed by atoms with Crippen LogP contribution in [0.3, 0.4) is 0 Å². The molecule has 7 atom stereocenters. The van der Waals surface area contributed by atoms with Crippen molar-refractivity contribution in [3.8, 4) is 6.07 Å². The zero-order valence-corrected chi connectivity index (χ0v) is 43.2. The van der Waals surface area contributed by atoms with E-state index in [2.05, 4.69) is 58.2 Å². The van der Waals surface area contributed by atoms with Gasteiger partial charge in [0, 0.05) is 62.9 Å². The molecule has 3 aromatic rings. The molecular weight excluding hydrogens is 1010 g/mol. The third-order valence-electron chi connectivity index (χ3n) is 12.4. The van der Waals surface area contributed by atoms with Crippen LogP contribution in [0.25, 0.3) is 10.9 Å². The number of aromatic nitrogens is 1. The van der Waals surface area contributed by atoms with Gasteiger partial charge in [0.25, 0.3) is 0 Å². The van der Waals surface area contributed by atoms with E-state index < -0.39 is 121 Å². The number of rotatable bonds is 19. The summed E-state index contributed by atoms with van der Waals surface area (Å²) in [5.74, 6) is -9.57. The fourth-order valence-electron chi connectivity index (χ4n) is 8.37. The average Bonchev–Trinajstić information content (AvgIpc) is 3.82. The third-order valence-corrected chi connectivity index (χ3v) is 12.4. The highest BCUT2D eigenvalue weighted by molar-refractivity contribution is 5.99. The Hall–Kier alpha value is -9.29. The maximum absolute atomic E-state index is 14.7. The van der Waals surface area contributed by atoms with Gasteiger partial charge in [-0.2, -0.15) is 5.26 Å². The third kappa shape index (κ3) is 20.8. The number of hydrogen-bond donors (Lipinski definition) is 17. The molecule has 21 N–H and O–H groups in total. The SMILES string of the molecule is CC(=O)N[C@@H](CCCNC(=N)N)C(=O)N[C@H]1CC(=O)NCCCCC(C(N)=O)NC(=O)[C@H](Cc2c[nH]c3ccccc23)NC(=O)[C@H](CCCNC(=N)N)NC(=O)[C@@H](Cc2ccc(C#N)cc2)NC(=O)[C@H](CCC(N)=O)NC1=O. The molecule has 420 valence electrons. The van der Waals surface area contributed by atoms with Crippen molar-refractivity contribution in [2.24, 2.45) is 22.9 Å². The number of nitrogens with two attached hydrogens (primary N) is 4. The number of amides is 10. The van der Waals surface area contributed by atoms with Gasteiger partial charge in [-0.3, -0.25) is 58.8 Å². The molecular formula is C50H70N18O10. The number of benzene rings is 2. The molecule has 1 aliphatic heterocycles. The van der Waals surface area contributed by atoms with Gasteiger partial charge in [0.1, 0.15) is 42.3 Å². The summed E-state index contributed by atoms with van der Waals surface area (Å²) in [4.78, 5) is 140. The molecule has 10 amide bonds. The number of H-pyrrole nitrogens is 1. The van der Waals surface area contributed by atoms with E-state index in [0.29, 0.717) is 11.1 Å². The largest absolute Gasteiger partial charge is 0.370 e. The topological polar surface area (TPSA) is 482 Å². The molecule has 1 fully saturated rings. The Balaban J connectivity index is 1.80. The number of para-hydroxylation sites is 1. The Morgan fingerprint density at radius 1 is 0.731 bits per heavy atom. The van der Waals surface area contributed by atoms with Crippen molar-refractivity contribution in [3.05, 3.63) is 71.4 Å². The highest BCUT2D eigenvalue weighted by atomic mass is 16.2. The molecule has 28 nitrogen and oxygen atoms in total. The Labute approximate surface area is 449 Å². The Morgan fingerprint density at radius 2 is 1.32 bits per heavy atom. The molecule has 78 heavy (non-hydrogen) atoms. The van der Waals surface area contributed by atoms with E-state index in [0.717, 1.165) is 17.8 Å². The Morgan fingerprint density at radius 3 is 1.95 bits per heavy atom. The number of carbonyl (C=O) groups excluding carboxylic acids is 10. The summed E-state index contributed by atoms with van der Waals surface area (Å²) in [5, 5.41) is 51.1. The number of nitrogens with one attached hydrogen (secondary N) is 13. The van der Waals surface area contributed by atoms with Crippen LogP contribution in [0.15, 0.2) is 54.7 Å². The number of guanidine groups is 2. The van der Waals surface area contributed by atoms with Crippen LogP contribution in [-0.2, 0) is 60.8 Å². The van der Waals surface area contributed by atoms with E-state index >= 15 is 0 Å². The van der Waals surface area contributed by atoms with Crippen molar-refractivity contribution in [1.82, 2.24) is 58.2 Å². The van der Waals surface area contributed by atoms with Gasteiger partial charge in [0.15, 0.2) is 11.9 Å².